The normalized spacial score (nSPS) is 32.8. The van der Waals surface area contributed by atoms with E-state index in [0.717, 1.165) is 42.6 Å². The Labute approximate surface area is 156 Å². The fraction of sp³-hybridized carbons (Fsp3) is 0.636. The number of rotatable bonds is 3. The number of benzene rings is 1. The largest absolute Gasteiger partial charge is 0.335 e. The molecule has 4 nitrogen and oxygen atoms in total. The summed E-state index contributed by atoms with van der Waals surface area (Å²) < 4.78 is 0. The Morgan fingerprint density at radius 1 is 1.04 bits per heavy atom. The van der Waals surface area contributed by atoms with Gasteiger partial charge in [0, 0.05) is 5.54 Å². The van der Waals surface area contributed by atoms with E-state index in [9.17, 15) is 4.79 Å². The Morgan fingerprint density at radius 3 is 2.08 bits per heavy atom. The standard InChI is InChI=1S/C22H31N3O/c1-21(2,3)19-6-4-15(5-7-19)14-23-25-20(26)24-22-11-16-8-17(12-22)10-18(9-16)13-22/h4-7,14,16-18H,8-13H2,1-3H3,(H2,24,25,26). The second-order valence-corrected chi connectivity index (χ2v) is 9.89. The number of hydrogen-bond acceptors (Lipinski definition) is 2. The first-order valence-electron chi connectivity index (χ1n) is 10.0. The first-order chi connectivity index (χ1) is 12.3. The second kappa shape index (κ2) is 6.40. The summed E-state index contributed by atoms with van der Waals surface area (Å²) in [6, 6.07) is 8.17. The summed E-state index contributed by atoms with van der Waals surface area (Å²) in [7, 11) is 0. The van der Waals surface area contributed by atoms with Crippen molar-refractivity contribution in [2.45, 2.75) is 70.3 Å². The van der Waals surface area contributed by atoms with Crippen LogP contribution < -0.4 is 10.7 Å². The van der Waals surface area contributed by atoms with Gasteiger partial charge in [0.1, 0.15) is 0 Å². The van der Waals surface area contributed by atoms with Crippen LogP contribution in [0.15, 0.2) is 29.4 Å². The van der Waals surface area contributed by atoms with Gasteiger partial charge in [-0.05, 0) is 72.8 Å². The molecule has 0 unspecified atom stereocenters. The van der Waals surface area contributed by atoms with Crippen LogP contribution in [0.2, 0.25) is 0 Å². The number of amides is 2. The van der Waals surface area contributed by atoms with E-state index in [1.807, 2.05) is 12.1 Å². The van der Waals surface area contributed by atoms with Crippen molar-refractivity contribution in [1.82, 2.24) is 10.7 Å². The summed E-state index contributed by atoms with van der Waals surface area (Å²) in [4.78, 5) is 12.4. The Hall–Kier alpha value is -1.84. The van der Waals surface area contributed by atoms with Crippen molar-refractivity contribution in [3.63, 3.8) is 0 Å². The molecule has 2 N–H and O–H groups in total. The van der Waals surface area contributed by atoms with Crippen molar-refractivity contribution in [1.29, 1.82) is 0 Å². The number of carbonyl (C=O) groups excluding carboxylic acids is 1. The number of urea groups is 1. The third-order valence-electron chi connectivity index (χ3n) is 6.57. The molecule has 4 saturated carbocycles. The van der Waals surface area contributed by atoms with E-state index in [0.29, 0.717) is 0 Å². The lowest BCUT2D eigenvalue weighted by atomic mass is 9.53. The molecule has 0 aromatic heterocycles. The highest BCUT2D eigenvalue weighted by atomic mass is 16.2. The molecular weight excluding hydrogens is 322 g/mol. The zero-order chi connectivity index (χ0) is 18.4. The zero-order valence-corrected chi connectivity index (χ0v) is 16.2. The minimum absolute atomic E-state index is 0.0305. The molecule has 4 heteroatoms. The number of hydrogen-bond donors (Lipinski definition) is 2. The van der Waals surface area contributed by atoms with E-state index in [-0.39, 0.29) is 17.0 Å². The highest BCUT2D eigenvalue weighted by Gasteiger charge is 2.51. The maximum atomic E-state index is 12.4. The summed E-state index contributed by atoms with van der Waals surface area (Å²) in [6.07, 6.45) is 9.33. The van der Waals surface area contributed by atoms with Crippen molar-refractivity contribution < 1.29 is 4.79 Å². The summed E-state index contributed by atoms with van der Waals surface area (Å²) in [5.74, 6) is 2.48. The van der Waals surface area contributed by atoms with Crippen LogP contribution in [0.3, 0.4) is 0 Å². The van der Waals surface area contributed by atoms with Crippen LogP contribution in [0, 0.1) is 17.8 Å². The number of nitrogens with zero attached hydrogens (tertiary/aromatic N) is 1. The molecule has 0 radical (unpaired) electrons. The maximum absolute atomic E-state index is 12.4. The molecule has 0 atom stereocenters. The summed E-state index contributed by atoms with van der Waals surface area (Å²) >= 11 is 0. The van der Waals surface area contributed by atoms with Crippen LogP contribution in [-0.4, -0.2) is 17.8 Å². The van der Waals surface area contributed by atoms with Gasteiger partial charge < -0.3 is 5.32 Å². The Kier molecular flexibility index (Phi) is 4.32. The van der Waals surface area contributed by atoms with Gasteiger partial charge in [0.05, 0.1) is 6.21 Å². The van der Waals surface area contributed by atoms with E-state index >= 15 is 0 Å². The predicted octanol–water partition coefficient (Wildman–Crippen LogP) is 4.59. The monoisotopic (exact) mass is 353 g/mol. The quantitative estimate of drug-likeness (QED) is 0.606. The number of hydrazone groups is 1. The lowest BCUT2D eigenvalue weighted by Crippen LogP contribution is -2.61. The van der Waals surface area contributed by atoms with Crippen LogP contribution in [0.25, 0.3) is 0 Å². The van der Waals surface area contributed by atoms with E-state index < -0.39 is 0 Å². The lowest BCUT2D eigenvalue weighted by Gasteiger charge is -2.56. The van der Waals surface area contributed by atoms with Crippen molar-refractivity contribution in [3.05, 3.63) is 35.4 Å². The first-order valence-corrected chi connectivity index (χ1v) is 10.0. The fourth-order valence-electron chi connectivity index (χ4n) is 5.77. The molecule has 0 heterocycles. The van der Waals surface area contributed by atoms with Crippen LogP contribution in [0.5, 0.6) is 0 Å². The average molecular weight is 354 g/mol. The molecule has 26 heavy (non-hydrogen) atoms. The molecule has 4 aliphatic carbocycles. The molecule has 0 aliphatic heterocycles. The topological polar surface area (TPSA) is 53.5 Å². The highest BCUT2D eigenvalue weighted by molar-refractivity contribution is 5.82. The Balaban J connectivity index is 1.32. The molecular formula is C22H31N3O. The average Bonchev–Trinajstić information content (AvgIpc) is 2.52. The molecule has 0 saturated heterocycles. The van der Waals surface area contributed by atoms with Crippen LogP contribution in [-0.2, 0) is 5.41 Å². The minimum atomic E-state index is -0.158. The van der Waals surface area contributed by atoms with Gasteiger partial charge >= 0.3 is 6.03 Å². The SMILES string of the molecule is CC(C)(C)c1ccc(C=NNC(=O)NC23CC4CC(CC(C4)C2)C3)cc1. The van der Waals surface area contributed by atoms with Crippen LogP contribution in [0.4, 0.5) is 4.79 Å². The van der Waals surface area contributed by atoms with Crippen molar-refractivity contribution >= 4 is 12.2 Å². The number of carbonyl (C=O) groups is 1. The van der Waals surface area contributed by atoms with Gasteiger partial charge in [0.2, 0.25) is 0 Å². The first kappa shape index (κ1) is 17.6. The molecule has 4 bridgehead atoms. The van der Waals surface area contributed by atoms with Gasteiger partial charge in [-0.25, -0.2) is 10.2 Å². The third kappa shape index (κ3) is 3.65. The minimum Gasteiger partial charge on any atom is -0.331 e. The Morgan fingerprint density at radius 2 is 1.58 bits per heavy atom. The van der Waals surface area contributed by atoms with Gasteiger partial charge in [0.15, 0.2) is 0 Å². The second-order valence-electron chi connectivity index (χ2n) is 9.89. The zero-order valence-electron chi connectivity index (χ0n) is 16.2. The van der Waals surface area contributed by atoms with Crippen LogP contribution >= 0.6 is 0 Å². The molecule has 0 spiro atoms. The van der Waals surface area contributed by atoms with Gasteiger partial charge in [-0.15, -0.1) is 0 Å². The number of nitrogens with one attached hydrogen (secondary N) is 2. The van der Waals surface area contributed by atoms with E-state index in [4.69, 9.17) is 0 Å². The summed E-state index contributed by atoms with van der Waals surface area (Å²) in [5.41, 5.74) is 5.13. The maximum Gasteiger partial charge on any atom is 0.335 e. The third-order valence-corrected chi connectivity index (χ3v) is 6.57. The van der Waals surface area contributed by atoms with Gasteiger partial charge in [0.25, 0.3) is 0 Å². The van der Waals surface area contributed by atoms with E-state index in [1.54, 1.807) is 6.21 Å². The van der Waals surface area contributed by atoms with E-state index in [1.165, 1.54) is 24.8 Å². The molecule has 1 aromatic rings. The molecule has 4 aliphatic rings. The smallest absolute Gasteiger partial charge is 0.331 e. The summed E-state index contributed by atoms with van der Waals surface area (Å²) in [5, 5.41) is 7.42. The lowest BCUT2D eigenvalue weighted by molar-refractivity contribution is -0.0135. The van der Waals surface area contributed by atoms with Gasteiger partial charge in [-0.3, -0.25) is 0 Å². The summed E-state index contributed by atoms with van der Waals surface area (Å²) in [6.45, 7) is 6.60. The predicted molar refractivity (Wildman–Crippen MR) is 105 cm³/mol. The highest BCUT2D eigenvalue weighted by Crippen LogP contribution is 2.55. The molecule has 4 fully saturated rings. The molecule has 5 rings (SSSR count). The van der Waals surface area contributed by atoms with Crippen LogP contribution in [0.1, 0.15) is 70.4 Å². The van der Waals surface area contributed by atoms with Gasteiger partial charge in [-0.2, -0.15) is 5.10 Å². The van der Waals surface area contributed by atoms with E-state index in [2.05, 4.69) is 48.7 Å². The Bertz CT molecular complexity index is 664. The fourth-order valence-corrected chi connectivity index (χ4v) is 5.77. The molecule has 1 aromatic carbocycles. The van der Waals surface area contributed by atoms with Gasteiger partial charge in [-0.1, -0.05) is 45.0 Å². The van der Waals surface area contributed by atoms with Crippen molar-refractivity contribution in [2.75, 3.05) is 0 Å². The molecule has 140 valence electrons. The molecule has 2 amide bonds. The van der Waals surface area contributed by atoms with Crippen molar-refractivity contribution in [3.8, 4) is 0 Å². The van der Waals surface area contributed by atoms with Crippen molar-refractivity contribution in [2.24, 2.45) is 22.9 Å².